The summed E-state index contributed by atoms with van der Waals surface area (Å²) in [4.78, 5) is 9.39. The van der Waals surface area contributed by atoms with Crippen LogP contribution in [0.5, 0.6) is 11.5 Å². The fraction of sp³-hybridized carbons (Fsp3) is 0.231. The third kappa shape index (κ3) is 5.36. The molecule has 0 fully saturated rings. The molecule has 7 nitrogen and oxygen atoms in total. The van der Waals surface area contributed by atoms with Gasteiger partial charge in [-0.1, -0.05) is 11.6 Å². The van der Waals surface area contributed by atoms with Gasteiger partial charge in [0.1, 0.15) is 17.4 Å². The largest absolute Gasteiger partial charge is 0.494 e. The molecule has 10 heteroatoms. The predicted octanol–water partition coefficient (Wildman–Crippen LogP) is 6.30. The number of nitrogens with one attached hydrogen (secondary N) is 2. The van der Waals surface area contributed by atoms with Crippen molar-refractivity contribution in [3.63, 3.8) is 0 Å². The number of imidazole rings is 1. The fourth-order valence-electron chi connectivity index (χ4n) is 3.73. The molecule has 1 heterocycles. The number of hydrogen-bond acceptors (Lipinski definition) is 5. The Morgan fingerprint density at radius 3 is 2.53 bits per heavy atom. The molecule has 0 saturated heterocycles. The lowest BCUT2D eigenvalue weighted by atomic mass is 10.1. The quantitative estimate of drug-likeness (QED) is 0.180. The van der Waals surface area contributed by atoms with Gasteiger partial charge in [-0.15, -0.1) is 0 Å². The minimum absolute atomic E-state index is 0.0384. The third-order valence-electron chi connectivity index (χ3n) is 5.35. The Bertz CT molecular complexity index is 1370. The van der Waals surface area contributed by atoms with Gasteiger partial charge in [0.15, 0.2) is 11.6 Å². The molecule has 3 aromatic carbocycles. The molecule has 1 aromatic heterocycles. The average Bonchev–Trinajstić information content (AvgIpc) is 3.22. The first-order chi connectivity index (χ1) is 17.2. The number of rotatable bonds is 9. The second-order valence-corrected chi connectivity index (χ2v) is 8.79. The summed E-state index contributed by atoms with van der Waals surface area (Å²) in [7, 11) is 0. The Kier molecular flexibility index (Phi) is 7.30. The maximum Gasteiger partial charge on any atom is 0.208 e. The number of nitrogen functional groups attached to an aromatic ring is 1. The van der Waals surface area contributed by atoms with Gasteiger partial charge in [-0.2, -0.15) is 0 Å². The number of nitrogens with two attached hydrogens (primary N) is 1. The van der Waals surface area contributed by atoms with E-state index in [1.807, 2.05) is 20.8 Å². The molecule has 0 saturated carbocycles. The topological polar surface area (TPSA) is 100 Å². The zero-order valence-electron chi connectivity index (χ0n) is 20.0. The van der Waals surface area contributed by atoms with Gasteiger partial charge in [0.05, 0.1) is 35.3 Å². The minimum Gasteiger partial charge on any atom is -0.494 e. The standard InChI is InChI=1S/C26H26ClF2N5O2/c1-4-35-18-9-16(24(29)23(10-18)36-14(2)3)13-34(17-7-5-15(6-8-17)25(30)31)26-32-21-11-19(27)20(28)12-22(21)33-26/h5-12,14H,4,13H2,1-3H3,(H3,30,31)(H,32,33). The van der Waals surface area contributed by atoms with E-state index in [2.05, 4.69) is 9.97 Å². The molecule has 0 aliphatic carbocycles. The minimum atomic E-state index is -0.581. The van der Waals surface area contributed by atoms with Crippen LogP contribution in [0.3, 0.4) is 0 Å². The zero-order chi connectivity index (χ0) is 26.0. The maximum atomic E-state index is 15.6. The van der Waals surface area contributed by atoms with Gasteiger partial charge in [-0.3, -0.25) is 5.41 Å². The Balaban J connectivity index is 1.83. The maximum absolute atomic E-state index is 15.6. The monoisotopic (exact) mass is 513 g/mol. The van der Waals surface area contributed by atoms with E-state index in [0.717, 1.165) is 0 Å². The van der Waals surface area contributed by atoms with E-state index < -0.39 is 11.6 Å². The Morgan fingerprint density at radius 1 is 1.17 bits per heavy atom. The molecule has 0 bridgehead atoms. The summed E-state index contributed by atoms with van der Waals surface area (Å²) in [6, 6.07) is 12.7. The molecule has 0 atom stereocenters. The molecule has 0 unspecified atom stereocenters. The van der Waals surface area contributed by atoms with Gasteiger partial charge < -0.3 is 25.1 Å². The average molecular weight is 514 g/mol. The second-order valence-electron chi connectivity index (χ2n) is 8.38. The van der Waals surface area contributed by atoms with Gasteiger partial charge >= 0.3 is 0 Å². The Labute approximate surface area is 212 Å². The molecule has 0 aliphatic heterocycles. The third-order valence-corrected chi connectivity index (χ3v) is 5.64. The smallest absolute Gasteiger partial charge is 0.208 e. The number of ether oxygens (including phenoxy) is 2. The summed E-state index contributed by atoms with van der Waals surface area (Å²) in [5, 5.41) is 7.61. The molecule has 0 radical (unpaired) electrons. The number of aromatic nitrogens is 2. The normalized spacial score (nSPS) is 11.2. The number of aromatic amines is 1. The van der Waals surface area contributed by atoms with Crippen molar-refractivity contribution < 1.29 is 18.3 Å². The van der Waals surface area contributed by atoms with Crippen molar-refractivity contribution in [2.75, 3.05) is 11.5 Å². The number of anilines is 2. The number of H-pyrrole nitrogens is 1. The molecular weight excluding hydrogens is 488 g/mol. The zero-order valence-corrected chi connectivity index (χ0v) is 20.8. The lowest BCUT2D eigenvalue weighted by Gasteiger charge is -2.24. The number of halogens is 3. The number of benzene rings is 3. The van der Waals surface area contributed by atoms with E-state index in [4.69, 9.17) is 32.2 Å². The molecular formula is C26H26ClF2N5O2. The fourth-order valence-corrected chi connectivity index (χ4v) is 3.89. The first kappa shape index (κ1) is 25.2. The van der Waals surface area contributed by atoms with Gasteiger partial charge in [-0.25, -0.2) is 13.8 Å². The van der Waals surface area contributed by atoms with E-state index in [1.165, 1.54) is 18.2 Å². The van der Waals surface area contributed by atoms with Gasteiger partial charge in [0.25, 0.3) is 0 Å². The van der Waals surface area contributed by atoms with Crippen LogP contribution in [-0.4, -0.2) is 28.5 Å². The van der Waals surface area contributed by atoms with Crippen molar-refractivity contribution in [2.45, 2.75) is 33.4 Å². The van der Waals surface area contributed by atoms with Crippen LogP contribution >= 0.6 is 11.6 Å². The first-order valence-corrected chi connectivity index (χ1v) is 11.7. The van der Waals surface area contributed by atoms with E-state index in [1.54, 1.807) is 35.2 Å². The van der Waals surface area contributed by atoms with Gasteiger partial charge in [0, 0.05) is 28.9 Å². The van der Waals surface area contributed by atoms with Gasteiger partial charge in [0.2, 0.25) is 5.95 Å². The van der Waals surface area contributed by atoms with E-state index in [9.17, 15) is 4.39 Å². The van der Waals surface area contributed by atoms with Crippen molar-refractivity contribution in [3.05, 3.63) is 76.3 Å². The molecule has 4 rings (SSSR count). The van der Waals surface area contributed by atoms with Crippen molar-refractivity contribution in [1.29, 1.82) is 5.41 Å². The summed E-state index contributed by atoms with van der Waals surface area (Å²) in [6.45, 7) is 5.91. The molecule has 4 aromatic rings. The van der Waals surface area contributed by atoms with Crippen LogP contribution in [0.1, 0.15) is 31.9 Å². The summed E-state index contributed by atoms with van der Waals surface area (Å²) >= 11 is 5.95. The SMILES string of the molecule is CCOc1cc(CN(c2ccc(C(=N)N)cc2)c2nc3cc(Cl)c(F)cc3[nH]2)c(F)c(OC(C)C)c1. The van der Waals surface area contributed by atoms with Crippen LogP contribution in [0.25, 0.3) is 11.0 Å². The highest BCUT2D eigenvalue weighted by molar-refractivity contribution is 6.31. The van der Waals surface area contributed by atoms with E-state index >= 15 is 4.39 Å². The molecule has 0 amide bonds. The van der Waals surface area contributed by atoms with Crippen LogP contribution in [0.15, 0.2) is 48.5 Å². The lowest BCUT2D eigenvalue weighted by Crippen LogP contribution is -2.20. The predicted molar refractivity (Wildman–Crippen MR) is 138 cm³/mol. The van der Waals surface area contributed by atoms with Crippen LogP contribution < -0.4 is 20.1 Å². The lowest BCUT2D eigenvalue weighted by molar-refractivity contribution is 0.228. The molecule has 0 aliphatic rings. The van der Waals surface area contributed by atoms with Crippen molar-refractivity contribution in [2.24, 2.45) is 5.73 Å². The number of amidine groups is 1. The van der Waals surface area contributed by atoms with E-state index in [0.29, 0.717) is 46.2 Å². The Morgan fingerprint density at radius 2 is 1.89 bits per heavy atom. The molecule has 188 valence electrons. The van der Waals surface area contributed by atoms with Crippen molar-refractivity contribution >= 4 is 40.1 Å². The van der Waals surface area contributed by atoms with E-state index in [-0.39, 0.29) is 29.3 Å². The van der Waals surface area contributed by atoms with Crippen LogP contribution in [-0.2, 0) is 6.54 Å². The van der Waals surface area contributed by atoms with Gasteiger partial charge in [-0.05, 0) is 57.2 Å². The molecule has 4 N–H and O–H groups in total. The summed E-state index contributed by atoms with van der Waals surface area (Å²) in [5.74, 6) is -0.292. The number of hydrogen-bond donors (Lipinski definition) is 3. The summed E-state index contributed by atoms with van der Waals surface area (Å²) in [6.07, 6.45) is -0.241. The number of fused-ring (bicyclic) bond motifs is 1. The first-order valence-electron chi connectivity index (χ1n) is 11.3. The highest BCUT2D eigenvalue weighted by Crippen LogP contribution is 2.34. The molecule has 0 spiro atoms. The van der Waals surface area contributed by atoms with Crippen molar-refractivity contribution in [3.8, 4) is 11.5 Å². The highest BCUT2D eigenvalue weighted by Gasteiger charge is 2.21. The Hall–Kier alpha value is -3.85. The van der Waals surface area contributed by atoms with Crippen LogP contribution in [0.4, 0.5) is 20.4 Å². The van der Waals surface area contributed by atoms with Crippen LogP contribution in [0.2, 0.25) is 5.02 Å². The highest BCUT2D eigenvalue weighted by atomic mass is 35.5. The summed E-state index contributed by atoms with van der Waals surface area (Å²) < 4.78 is 41.0. The van der Waals surface area contributed by atoms with Crippen molar-refractivity contribution in [1.82, 2.24) is 9.97 Å². The molecule has 36 heavy (non-hydrogen) atoms. The second kappa shape index (κ2) is 10.4. The van der Waals surface area contributed by atoms with Crippen LogP contribution in [0, 0.1) is 17.0 Å². The summed E-state index contributed by atoms with van der Waals surface area (Å²) in [5.41, 5.74) is 7.96. The number of nitrogens with zero attached hydrogens (tertiary/aromatic N) is 2.